The van der Waals surface area contributed by atoms with Gasteiger partial charge < -0.3 is 16.8 Å². The number of aryl methyl sites for hydroxylation is 2. The maximum atomic E-state index is 12.7. The van der Waals surface area contributed by atoms with Gasteiger partial charge in [-0.25, -0.2) is 4.79 Å². The van der Waals surface area contributed by atoms with Crippen LogP contribution in [0.3, 0.4) is 0 Å². The first-order valence-corrected chi connectivity index (χ1v) is 13.1. The van der Waals surface area contributed by atoms with Gasteiger partial charge in [-0.3, -0.25) is 0 Å². The molecule has 4 heteroatoms. The standard InChI is InChI=1S/C30H26O2P.ClH/c1-22-18-19-28-24(20-29(31)32-30(28)23(22)2)21-33(25-12-6-3-7-13-25,26-14-8-4-9-15-26)27-16-10-5-11-17-27;/h3-20H,21H2,1-2H3;1H/q+1;/p-1. The molecule has 4 aromatic carbocycles. The van der Waals surface area contributed by atoms with Gasteiger partial charge in [0.25, 0.3) is 0 Å². The quantitative estimate of drug-likeness (QED) is 0.284. The van der Waals surface area contributed by atoms with Gasteiger partial charge in [0.1, 0.15) is 28.8 Å². The maximum absolute atomic E-state index is 12.7. The molecule has 0 atom stereocenters. The van der Waals surface area contributed by atoms with Crippen LogP contribution in [-0.2, 0) is 6.16 Å². The first-order valence-electron chi connectivity index (χ1n) is 11.2. The van der Waals surface area contributed by atoms with Gasteiger partial charge in [-0.05, 0) is 61.4 Å². The van der Waals surface area contributed by atoms with Crippen molar-refractivity contribution in [2.75, 3.05) is 0 Å². The second-order valence-corrected chi connectivity index (χ2v) is 11.9. The maximum Gasteiger partial charge on any atom is 0.336 e. The van der Waals surface area contributed by atoms with Gasteiger partial charge in [-0.1, -0.05) is 66.7 Å². The van der Waals surface area contributed by atoms with E-state index in [0.717, 1.165) is 28.2 Å². The lowest BCUT2D eigenvalue weighted by Gasteiger charge is -2.28. The Hall–Kier alpha value is -3.19. The molecule has 0 fully saturated rings. The van der Waals surface area contributed by atoms with Crippen molar-refractivity contribution in [3.05, 3.63) is 136 Å². The zero-order valence-corrected chi connectivity index (χ0v) is 20.9. The van der Waals surface area contributed by atoms with E-state index in [4.69, 9.17) is 4.42 Å². The Morgan fingerprint density at radius 2 is 1.15 bits per heavy atom. The van der Waals surface area contributed by atoms with Gasteiger partial charge in [0, 0.05) is 17.0 Å². The van der Waals surface area contributed by atoms with E-state index >= 15 is 0 Å². The Kier molecular flexibility index (Phi) is 7.03. The lowest BCUT2D eigenvalue weighted by molar-refractivity contribution is -0.00000707. The summed E-state index contributed by atoms with van der Waals surface area (Å²) in [7, 11) is -2.11. The Morgan fingerprint density at radius 1 is 0.676 bits per heavy atom. The fourth-order valence-corrected chi connectivity index (χ4v) is 8.94. The van der Waals surface area contributed by atoms with Crippen molar-refractivity contribution < 1.29 is 16.8 Å². The van der Waals surface area contributed by atoms with E-state index in [1.807, 2.05) is 6.92 Å². The molecule has 0 spiro atoms. The fraction of sp³-hybridized carbons (Fsp3) is 0.100. The summed E-state index contributed by atoms with van der Waals surface area (Å²) in [5.41, 5.74) is 3.59. The lowest BCUT2D eigenvalue weighted by Crippen LogP contribution is -3.00. The fourth-order valence-electron chi connectivity index (χ4n) is 4.68. The molecule has 0 radical (unpaired) electrons. The average Bonchev–Trinajstić information content (AvgIpc) is 2.86. The number of halogens is 1. The van der Waals surface area contributed by atoms with Crippen molar-refractivity contribution in [1.82, 2.24) is 0 Å². The molecule has 0 saturated heterocycles. The first-order chi connectivity index (χ1) is 16.1. The molecule has 170 valence electrons. The third kappa shape index (κ3) is 4.20. The number of benzene rings is 4. The Bertz CT molecular complexity index is 1370. The molecular weight excluding hydrogens is 459 g/mol. The highest BCUT2D eigenvalue weighted by Gasteiger charge is 2.45. The van der Waals surface area contributed by atoms with E-state index in [1.165, 1.54) is 15.9 Å². The van der Waals surface area contributed by atoms with Crippen molar-refractivity contribution in [2.45, 2.75) is 20.0 Å². The van der Waals surface area contributed by atoms with Crippen molar-refractivity contribution in [3.63, 3.8) is 0 Å². The minimum absolute atomic E-state index is 0. The second kappa shape index (κ2) is 9.97. The van der Waals surface area contributed by atoms with Crippen LogP contribution in [0.15, 0.2) is 118 Å². The molecule has 0 N–H and O–H groups in total. The molecule has 0 aliphatic carbocycles. The molecule has 1 aromatic heterocycles. The minimum atomic E-state index is -2.11. The van der Waals surface area contributed by atoms with Gasteiger partial charge in [0.05, 0.1) is 6.16 Å². The Labute approximate surface area is 207 Å². The predicted octanol–water partition coefficient (Wildman–Crippen LogP) is 2.91. The summed E-state index contributed by atoms with van der Waals surface area (Å²) in [5.74, 6) is 0. The molecule has 0 amide bonds. The van der Waals surface area contributed by atoms with E-state index in [0.29, 0.717) is 5.58 Å². The summed E-state index contributed by atoms with van der Waals surface area (Å²) in [4.78, 5) is 12.7. The van der Waals surface area contributed by atoms with Gasteiger partial charge in [0.2, 0.25) is 0 Å². The number of fused-ring (bicyclic) bond motifs is 1. The van der Waals surface area contributed by atoms with Crippen LogP contribution >= 0.6 is 7.26 Å². The van der Waals surface area contributed by atoms with Crippen LogP contribution in [0.5, 0.6) is 0 Å². The second-order valence-electron chi connectivity index (χ2n) is 8.45. The number of hydrogen-bond acceptors (Lipinski definition) is 2. The molecule has 5 rings (SSSR count). The predicted molar refractivity (Wildman–Crippen MR) is 141 cm³/mol. The SMILES string of the molecule is Cc1ccc2c(C[P+](c3ccccc3)(c3ccccc3)c3ccccc3)cc(=O)oc2c1C.[Cl-]. The summed E-state index contributed by atoms with van der Waals surface area (Å²) in [6.07, 6.45) is 0.746. The smallest absolute Gasteiger partial charge is 0.336 e. The summed E-state index contributed by atoms with van der Waals surface area (Å²) in [6, 6.07) is 38.2. The minimum Gasteiger partial charge on any atom is -1.00 e. The van der Waals surface area contributed by atoms with Crippen molar-refractivity contribution in [1.29, 1.82) is 0 Å². The van der Waals surface area contributed by atoms with Gasteiger partial charge in [0.15, 0.2) is 0 Å². The molecule has 34 heavy (non-hydrogen) atoms. The number of hydrogen-bond donors (Lipinski definition) is 0. The van der Waals surface area contributed by atoms with E-state index in [2.05, 4.69) is 110 Å². The zero-order chi connectivity index (χ0) is 22.8. The lowest BCUT2D eigenvalue weighted by atomic mass is 10.0. The molecular formula is C30H26ClO2P. The molecule has 1 heterocycles. The average molecular weight is 485 g/mol. The molecule has 0 aliphatic heterocycles. The third-order valence-electron chi connectivity index (χ3n) is 6.52. The molecule has 0 saturated carbocycles. The molecule has 0 unspecified atom stereocenters. The topological polar surface area (TPSA) is 30.2 Å². The van der Waals surface area contributed by atoms with E-state index in [9.17, 15) is 4.79 Å². The Morgan fingerprint density at radius 3 is 1.62 bits per heavy atom. The summed E-state index contributed by atoms with van der Waals surface area (Å²) in [5, 5.41) is 4.91. The van der Waals surface area contributed by atoms with Gasteiger partial charge in [-0.2, -0.15) is 0 Å². The summed E-state index contributed by atoms with van der Waals surface area (Å²) < 4.78 is 5.70. The van der Waals surface area contributed by atoms with Crippen molar-refractivity contribution in [2.24, 2.45) is 0 Å². The summed E-state index contributed by atoms with van der Waals surface area (Å²) in [6.45, 7) is 4.08. The van der Waals surface area contributed by atoms with E-state index in [-0.39, 0.29) is 18.0 Å². The van der Waals surface area contributed by atoms with Crippen LogP contribution in [-0.4, -0.2) is 0 Å². The van der Waals surface area contributed by atoms with Crippen LogP contribution in [0.2, 0.25) is 0 Å². The summed E-state index contributed by atoms with van der Waals surface area (Å²) >= 11 is 0. The van der Waals surface area contributed by atoms with Crippen LogP contribution in [0, 0.1) is 13.8 Å². The van der Waals surface area contributed by atoms with Gasteiger partial charge in [-0.15, -0.1) is 0 Å². The van der Waals surface area contributed by atoms with Crippen LogP contribution < -0.4 is 33.9 Å². The monoisotopic (exact) mass is 484 g/mol. The van der Waals surface area contributed by atoms with Crippen molar-refractivity contribution >= 4 is 34.1 Å². The highest BCUT2D eigenvalue weighted by atomic mass is 35.5. The number of rotatable bonds is 5. The van der Waals surface area contributed by atoms with Crippen molar-refractivity contribution in [3.8, 4) is 0 Å². The normalized spacial score (nSPS) is 11.2. The van der Waals surface area contributed by atoms with Crippen LogP contribution in [0.4, 0.5) is 0 Å². The third-order valence-corrected chi connectivity index (χ3v) is 10.9. The first kappa shape index (κ1) is 24.0. The van der Waals surface area contributed by atoms with E-state index in [1.54, 1.807) is 6.07 Å². The molecule has 0 bridgehead atoms. The Balaban J connectivity index is 0.00000274. The highest BCUT2D eigenvalue weighted by Crippen LogP contribution is 2.58. The largest absolute Gasteiger partial charge is 1.00 e. The van der Waals surface area contributed by atoms with Gasteiger partial charge >= 0.3 is 5.63 Å². The molecule has 5 aromatic rings. The van der Waals surface area contributed by atoms with Crippen LogP contribution in [0.1, 0.15) is 16.7 Å². The molecule has 0 aliphatic rings. The molecule has 2 nitrogen and oxygen atoms in total. The van der Waals surface area contributed by atoms with Crippen LogP contribution in [0.25, 0.3) is 11.0 Å². The van der Waals surface area contributed by atoms with E-state index < -0.39 is 7.26 Å². The zero-order valence-electron chi connectivity index (χ0n) is 19.2. The highest BCUT2D eigenvalue weighted by molar-refractivity contribution is 7.95.